The van der Waals surface area contributed by atoms with Gasteiger partial charge in [0.1, 0.15) is 11.9 Å². The van der Waals surface area contributed by atoms with Gasteiger partial charge in [0.25, 0.3) is 0 Å². The van der Waals surface area contributed by atoms with Crippen molar-refractivity contribution in [2.45, 2.75) is 24.3 Å². The van der Waals surface area contributed by atoms with Gasteiger partial charge >= 0.3 is 12.1 Å². The summed E-state index contributed by atoms with van der Waals surface area (Å²) in [6, 6.07) is 10.8. The van der Waals surface area contributed by atoms with E-state index in [1.54, 1.807) is 36.0 Å². The number of phenols is 1. The second-order valence-corrected chi connectivity index (χ2v) is 9.62. The maximum Gasteiger partial charge on any atom is 0.412 e. The van der Waals surface area contributed by atoms with Crippen molar-refractivity contribution in [2.24, 2.45) is 5.92 Å². The Morgan fingerprint density at radius 1 is 1.23 bits per heavy atom. The molecule has 168 valence electrons. The quantitative estimate of drug-likeness (QED) is 0.177. The van der Waals surface area contributed by atoms with Gasteiger partial charge in [-0.05, 0) is 65.0 Å². The highest BCUT2D eigenvalue weighted by Gasteiger charge is 2.28. The Morgan fingerprint density at radius 3 is 2.52 bits per heavy atom. The Kier molecular flexibility index (Phi) is 10.5. The lowest BCUT2D eigenvalue weighted by molar-refractivity contribution is -0.141. The van der Waals surface area contributed by atoms with Crippen LogP contribution in [0.25, 0.3) is 0 Å². The predicted octanol–water partition coefficient (Wildman–Crippen LogP) is 6.43. The number of thioether (sulfide) groups is 1. The molecule has 0 fully saturated rings. The third-order valence-corrected chi connectivity index (χ3v) is 6.48. The highest BCUT2D eigenvalue weighted by molar-refractivity contribution is 9.11. The number of amides is 1. The number of carbonyl (C=O) groups is 2. The second-order valence-electron chi connectivity index (χ2n) is 6.65. The van der Waals surface area contributed by atoms with E-state index >= 15 is 0 Å². The Labute approximate surface area is 208 Å². The van der Waals surface area contributed by atoms with Gasteiger partial charge < -0.3 is 14.6 Å². The van der Waals surface area contributed by atoms with E-state index in [0.29, 0.717) is 26.6 Å². The molecule has 2 N–H and O–H groups in total. The van der Waals surface area contributed by atoms with Gasteiger partial charge in [-0.1, -0.05) is 22.9 Å². The lowest BCUT2D eigenvalue weighted by atomic mass is 9.94. The van der Waals surface area contributed by atoms with Gasteiger partial charge in [0.15, 0.2) is 0 Å². The van der Waals surface area contributed by atoms with Crippen LogP contribution in [0.15, 0.2) is 50.2 Å². The summed E-state index contributed by atoms with van der Waals surface area (Å²) >= 11 is 12.2. The number of nitrogens with one attached hydrogen (secondary N) is 1. The summed E-state index contributed by atoms with van der Waals surface area (Å²) in [5.41, 5.74) is 1.03. The van der Waals surface area contributed by atoms with Crippen molar-refractivity contribution in [3.8, 4) is 5.75 Å². The summed E-state index contributed by atoms with van der Waals surface area (Å²) in [4.78, 5) is 25.1. The zero-order valence-corrected chi connectivity index (χ0v) is 21.8. The van der Waals surface area contributed by atoms with E-state index in [2.05, 4.69) is 49.8 Å². The molecule has 0 bridgehead atoms. The van der Waals surface area contributed by atoms with Crippen LogP contribution in [0.4, 0.5) is 10.5 Å². The van der Waals surface area contributed by atoms with Crippen LogP contribution in [-0.4, -0.2) is 35.8 Å². The van der Waals surface area contributed by atoms with Gasteiger partial charge in [-0.15, -0.1) is 11.8 Å². The van der Waals surface area contributed by atoms with E-state index in [0.717, 1.165) is 4.90 Å². The molecule has 31 heavy (non-hydrogen) atoms. The normalized spacial score (nSPS) is 12.7. The summed E-state index contributed by atoms with van der Waals surface area (Å²) in [5, 5.41) is 13.3. The number of ether oxygens (including phenoxy) is 2. The molecule has 0 saturated heterocycles. The molecule has 2 atom stereocenters. The van der Waals surface area contributed by atoms with E-state index in [4.69, 9.17) is 9.47 Å². The molecule has 2 aromatic carbocycles. The molecule has 2 aromatic rings. The number of phenolic OH excluding ortho intramolecular Hbond substituents is 1. The van der Waals surface area contributed by atoms with Crippen LogP contribution >= 0.6 is 56.3 Å². The minimum absolute atomic E-state index is 0.00852. The molecular weight excluding hydrogens is 570 g/mol. The van der Waals surface area contributed by atoms with Crippen molar-refractivity contribution in [3.05, 3.63) is 50.9 Å². The molecule has 0 unspecified atom stereocenters. The summed E-state index contributed by atoms with van der Waals surface area (Å²) in [6.07, 6.45) is 0.952. The van der Waals surface area contributed by atoms with Gasteiger partial charge in [-0.2, -0.15) is 12.6 Å². The molecule has 0 aliphatic heterocycles. The number of hydrogen-bond donors (Lipinski definition) is 3. The Balaban J connectivity index is 2.20. The highest BCUT2D eigenvalue weighted by atomic mass is 79.9. The van der Waals surface area contributed by atoms with E-state index in [-0.39, 0.29) is 24.0 Å². The van der Waals surface area contributed by atoms with Gasteiger partial charge in [0, 0.05) is 26.5 Å². The fourth-order valence-electron chi connectivity index (χ4n) is 2.78. The first-order valence-electron chi connectivity index (χ1n) is 9.31. The van der Waals surface area contributed by atoms with Crippen LogP contribution in [0.1, 0.15) is 25.0 Å². The van der Waals surface area contributed by atoms with Crippen LogP contribution < -0.4 is 5.32 Å². The molecule has 0 spiro atoms. The van der Waals surface area contributed by atoms with Crippen molar-refractivity contribution in [1.82, 2.24) is 0 Å². The third kappa shape index (κ3) is 7.93. The number of anilines is 1. The Bertz CT molecular complexity index is 911. The van der Waals surface area contributed by atoms with Gasteiger partial charge in [0.05, 0.1) is 16.8 Å². The Morgan fingerprint density at radius 2 is 1.90 bits per heavy atom. The van der Waals surface area contributed by atoms with Crippen LogP contribution in [0, 0.1) is 5.92 Å². The number of aromatic hydroxyl groups is 1. The first kappa shape index (κ1) is 25.9. The highest BCUT2D eigenvalue weighted by Crippen LogP contribution is 2.40. The molecule has 0 aliphatic carbocycles. The first-order chi connectivity index (χ1) is 14.7. The zero-order chi connectivity index (χ0) is 23.0. The van der Waals surface area contributed by atoms with Gasteiger partial charge in [0.2, 0.25) is 0 Å². The van der Waals surface area contributed by atoms with Crippen molar-refractivity contribution >= 4 is 74.0 Å². The average molecular weight is 593 g/mol. The summed E-state index contributed by atoms with van der Waals surface area (Å²) in [5.74, 6) is -0.716. The molecule has 2 rings (SSSR count). The third-order valence-electron chi connectivity index (χ3n) is 4.42. The molecule has 0 saturated carbocycles. The number of carbonyl (C=O) groups excluding carboxylic acids is 2. The standard InChI is InChI=1S/C21H23Br2NO5S2/c1-12(7-8-28-18(25)11-30)20(16-9-13(22)10-17(23)19(16)26)29-21(27)24-14-3-5-15(31-2)6-4-14/h3-6,9-10,12,20,26,30H,7-8,11H2,1-2H3,(H,24,27)/t12-,20+/m1/s1. The fraction of sp³-hybridized carbons (Fsp3) is 0.333. The minimum atomic E-state index is -0.783. The lowest BCUT2D eigenvalue weighted by Crippen LogP contribution is -2.23. The number of hydrogen-bond acceptors (Lipinski definition) is 7. The van der Waals surface area contributed by atoms with E-state index in [9.17, 15) is 14.7 Å². The Hall–Kier alpha value is -1.36. The number of esters is 1. The topological polar surface area (TPSA) is 84.9 Å². The number of benzene rings is 2. The molecule has 0 radical (unpaired) electrons. The van der Waals surface area contributed by atoms with Crippen molar-refractivity contribution in [3.63, 3.8) is 0 Å². The largest absolute Gasteiger partial charge is 0.506 e. The van der Waals surface area contributed by atoms with Crippen LogP contribution in [0.5, 0.6) is 5.75 Å². The van der Waals surface area contributed by atoms with E-state index in [1.165, 1.54) is 0 Å². The number of rotatable bonds is 9. The van der Waals surface area contributed by atoms with E-state index in [1.807, 2.05) is 25.3 Å². The second kappa shape index (κ2) is 12.6. The molecule has 0 aliphatic rings. The summed E-state index contributed by atoms with van der Waals surface area (Å²) in [7, 11) is 0. The minimum Gasteiger partial charge on any atom is -0.506 e. The predicted molar refractivity (Wildman–Crippen MR) is 133 cm³/mol. The maximum absolute atomic E-state index is 12.6. The molecular formula is C21H23Br2NO5S2. The zero-order valence-electron chi connectivity index (χ0n) is 16.9. The van der Waals surface area contributed by atoms with Crippen LogP contribution in [0.3, 0.4) is 0 Å². The molecule has 0 heterocycles. The number of halogens is 2. The summed E-state index contributed by atoms with van der Waals surface area (Å²) in [6.45, 7) is 2.00. The van der Waals surface area contributed by atoms with Gasteiger partial charge in [-0.3, -0.25) is 10.1 Å². The van der Waals surface area contributed by atoms with Crippen LogP contribution in [0.2, 0.25) is 0 Å². The molecule has 10 heteroatoms. The van der Waals surface area contributed by atoms with Crippen molar-refractivity contribution in [1.29, 1.82) is 0 Å². The monoisotopic (exact) mass is 591 g/mol. The first-order valence-corrected chi connectivity index (χ1v) is 12.8. The van der Waals surface area contributed by atoms with Crippen molar-refractivity contribution in [2.75, 3.05) is 23.9 Å². The molecule has 1 amide bonds. The van der Waals surface area contributed by atoms with Crippen molar-refractivity contribution < 1.29 is 24.2 Å². The average Bonchev–Trinajstić information content (AvgIpc) is 2.75. The molecule has 6 nitrogen and oxygen atoms in total. The lowest BCUT2D eigenvalue weighted by Gasteiger charge is -2.26. The number of thiol groups is 1. The SMILES string of the molecule is CSc1ccc(NC(=O)O[C@H](c2cc(Br)cc(Br)c2O)[C@H](C)CCOC(=O)CS)cc1. The fourth-order valence-corrected chi connectivity index (χ4v) is 4.54. The smallest absolute Gasteiger partial charge is 0.412 e. The summed E-state index contributed by atoms with van der Waals surface area (Å²) < 4.78 is 12.0. The van der Waals surface area contributed by atoms with E-state index < -0.39 is 18.2 Å². The van der Waals surface area contributed by atoms with Gasteiger partial charge in [-0.25, -0.2) is 4.79 Å². The van der Waals surface area contributed by atoms with Crippen LogP contribution in [-0.2, 0) is 14.3 Å². The molecule has 0 aromatic heterocycles. The maximum atomic E-state index is 12.6.